The van der Waals surface area contributed by atoms with E-state index in [0.717, 1.165) is 12.8 Å². The van der Waals surface area contributed by atoms with Crippen LogP contribution in [0.5, 0.6) is 0 Å². The molecule has 1 aliphatic rings. The van der Waals surface area contributed by atoms with Gasteiger partial charge in [-0.25, -0.2) is 14.6 Å². The molecule has 3 aromatic rings. The maximum absolute atomic E-state index is 12.7. The molecule has 31 heavy (non-hydrogen) atoms. The minimum absolute atomic E-state index is 0.0327. The highest BCUT2D eigenvalue weighted by molar-refractivity contribution is 6.05. The van der Waals surface area contributed by atoms with E-state index in [0.29, 0.717) is 11.4 Å². The summed E-state index contributed by atoms with van der Waals surface area (Å²) >= 11 is 0. The van der Waals surface area contributed by atoms with Crippen molar-refractivity contribution in [3.8, 4) is 0 Å². The first-order valence-corrected chi connectivity index (χ1v) is 9.85. The Kier molecular flexibility index (Phi) is 5.28. The van der Waals surface area contributed by atoms with E-state index in [-0.39, 0.29) is 29.2 Å². The van der Waals surface area contributed by atoms with Crippen LogP contribution in [-0.2, 0) is 4.74 Å². The third kappa shape index (κ3) is 4.04. The maximum Gasteiger partial charge on any atom is 0.413 e. The minimum Gasteiger partial charge on any atom is -0.449 e. The molecule has 0 aliphatic heterocycles. The van der Waals surface area contributed by atoms with Crippen molar-refractivity contribution >= 4 is 34.4 Å². The molecule has 1 aromatic carbocycles. The van der Waals surface area contributed by atoms with Crippen molar-refractivity contribution in [3.05, 3.63) is 62.9 Å². The second-order valence-corrected chi connectivity index (χ2v) is 7.21. The number of H-pyrrole nitrogens is 1. The molecular formula is C21H21N5O5. The molecule has 2 N–H and O–H groups in total. The summed E-state index contributed by atoms with van der Waals surface area (Å²) in [5.41, 5.74) is 0.505. The molecule has 0 unspecified atom stereocenters. The monoisotopic (exact) mass is 423 g/mol. The molecule has 0 radical (unpaired) electrons. The number of hydrogen-bond donors (Lipinski definition) is 2. The maximum atomic E-state index is 12.7. The summed E-state index contributed by atoms with van der Waals surface area (Å²) < 4.78 is 6.42. The Balaban J connectivity index is 1.55. The Bertz CT molecular complexity index is 1270. The van der Waals surface area contributed by atoms with E-state index in [1.165, 1.54) is 21.7 Å². The summed E-state index contributed by atoms with van der Waals surface area (Å²) in [7, 11) is 1.59. The molecule has 4 rings (SSSR count). The standard InChI is InChI=1S/C21H21N5O5/c1-3-31-21(30)25(2)14-6-4-13(5-7-14)23-18(27)12-10-16-17(22-11-12)26(15-8-9-15)20(29)24-19(16)28/h4-7,10-11,15H,3,8-9H2,1-2H3,(H,23,27)(H,24,28,29). The summed E-state index contributed by atoms with van der Waals surface area (Å²) in [6.45, 7) is 2.00. The number of fused-ring (bicyclic) bond motifs is 1. The largest absolute Gasteiger partial charge is 0.449 e. The third-order valence-corrected chi connectivity index (χ3v) is 5.01. The van der Waals surface area contributed by atoms with Crippen molar-refractivity contribution in [3.63, 3.8) is 0 Å². The molecule has 0 bridgehead atoms. The van der Waals surface area contributed by atoms with Crippen LogP contribution in [0.4, 0.5) is 16.2 Å². The Morgan fingerprint density at radius 1 is 1.26 bits per heavy atom. The number of amides is 2. The molecule has 2 amide bonds. The number of aromatic nitrogens is 3. The van der Waals surface area contributed by atoms with Crippen molar-refractivity contribution in [2.75, 3.05) is 23.9 Å². The van der Waals surface area contributed by atoms with Gasteiger partial charge in [-0.3, -0.25) is 24.0 Å². The van der Waals surface area contributed by atoms with Crippen molar-refractivity contribution in [2.24, 2.45) is 0 Å². The average Bonchev–Trinajstić information content (AvgIpc) is 3.59. The number of nitrogens with zero attached hydrogens (tertiary/aromatic N) is 3. The molecule has 0 atom stereocenters. The highest BCUT2D eigenvalue weighted by Gasteiger charge is 2.27. The molecule has 1 aliphatic carbocycles. The molecule has 2 aromatic heterocycles. The van der Waals surface area contributed by atoms with Crippen LogP contribution in [0.15, 0.2) is 46.1 Å². The number of hydrogen-bond acceptors (Lipinski definition) is 6. The quantitative estimate of drug-likeness (QED) is 0.648. The molecule has 10 nitrogen and oxygen atoms in total. The van der Waals surface area contributed by atoms with Crippen LogP contribution in [0.2, 0.25) is 0 Å². The van der Waals surface area contributed by atoms with Crippen molar-refractivity contribution in [1.29, 1.82) is 0 Å². The second kappa shape index (κ2) is 8.05. The van der Waals surface area contributed by atoms with Crippen LogP contribution in [0, 0.1) is 0 Å². The Labute approximate surface area is 176 Å². The van der Waals surface area contributed by atoms with Crippen LogP contribution in [-0.4, -0.2) is 40.2 Å². The number of pyridine rings is 1. The van der Waals surface area contributed by atoms with Crippen LogP contribution in [0.25, 0.3) is 11.0 Å². The molecule has 10 heteroatoms. The summed E-state index contributed by atoms with van der Waals surface area (Å²) in [6, 6.07) is 8.10. The molecular weight excluding hydrogens is 402 g/mol. The van der Waals surface area contributed by atoms with Crippen molar-refractivity contribution in [2.45, 2.75) is 25.8 Å². The van der Waals surface area contributed by atoms with Crippen LogP contribution < -0.4 is 21.5 Å². The summed E-state index contributed by atoms with van der Waals surface area (Å²) in [5, 5.41) is 2.92. The van der Waals surface area contributed by atoms with Crippen molar-refractivity contribution in [1.82, 2.24) is 14.5 Å². The molecule has 1 fully saturated rings. The summed E-state index contributed by atoms with van der Waals surface area (Å²) in [5.74, 6) is -0.454. The van der Waals surface area contributed by atoms with Crippen LogP contribution in [0.3, 0.4) is 0 Å². The van der Waals surface area contributed by atoms with E-state index in [1.807, 2.05) is 0 Å². The molecule has 0 saturated heterocycles. The number of benzene rings is 1. The van der Waals surface area contributed by atoms with E-state index in [2.05, 4.69) is 15.3 Å². The number of anilines is 2. The lowest BCUT2D eigenvalue weighted by atomic mass is 10.2. The fraction of sp³-hybridized carbons (Fsp3) is 0.286. The minimum atomic E-state index is -0.578. The van der Waals surface area contributed by atoms with Gasteiger partial charge in [-0.15, -0.1) is 0 Å². The summed E-state index contributed by atoms with van der Waals surface area (Å²) in [4.78, 5) is 56.7. The number of ether oxygens (including phenoxy) is 1. The molecule has 0 spiro atoms. The lowest BCUT2D eigenvalue weighted by Crippen LogP contribution is -2.30. The van der Waals surface area contributed by atoms with Gasteiger partial charge in [0.05, 0.1) is 17.6 Å². The first kappa shape index (κ1) is 20.3. The lowest BCUT2D eigenvalue weighted by Gasteiger charge is -2.17. The van der Waals surface area contributed by atoms with E-state index in [9.17, 15) is 19.2 Å². The Morgan fingerprint density at radius 2 is 1.97 bits per heavy atom. The lowest BCUT2D eigenvalue weighted by molar-refractivity contribution is 0.102. The number of carbonyl (C=O) groups is 2. The predicted octanol–water partition coefficient (Wildman–Crippen LogP) is 2.26. The zero-order valence-corrected chi connectivity index (χ0v) is 17.0. The second-order valence-electron chi connectivity index (χ2n) is 7.21. The summed E-state index contributed by atoms with van der Waals surface area (Å²) in [6.07, 6.45) is 2.58. The van der Waals surface area contributed by atoms with Gasteiger partial charge in [0.2, 0.25) is 0 Å². The SMILES string of the molecule is CCOC(=O)N(C)c1ccc(NC(=O)c2cnc3c(c2)c(=O)[nH]c(=O)n3C2CC2)cc1. The average molecular weight is 423 g/mol. The van der Waals surface area contributed by atoms with Gasteiger partial charge in [0.1, 0.15) is 5.65 Å². The van der Waals surface area contributed by atoms with Gasteiger partial charge >= 0.3 is 11.8 Å². The van der Waals surface area contributed by atoms with Crippen molar-refractivity contribution < 1.29 is 14.3 Å². The van der Waals surface area contributed by atoms with Gasteiger partial charge in [-0.1, -0.05) is 0 Å². The number of nitrogens with one attached hydrogen (secondary N) is 2. The fourth-order valence-electron chi connectivity index (χ4n) is 3.23. The van der Waals surface area contributed by atoms with Gasteiger partial charge < -0.3 is 10.1 Å². The van der Waals surface area contributed by atoms with E-state index in [1.54, 1.807) is 38.2 Å². The Morgan fingerprint density at radius 3 is 2.61 bits per heavy atom. The fourth-order valence-corrected chi connectivity index (χ4v) is 3.23. The van der Waals surface area contributed by atoms with E-state index in [4.69, 9.17) is 4.74 Å². The van der Waals surface area contributed by atoms with Crippen LogP contribution in [0.1, 0.15) is 36.2 Å². The molecule has 2 heterocycles. The van der Waals surface area contributed by atoms with Gasteiger partial charge in [0, 0.05) is 30.7 Å². The van der Waals surface area contributed by atoms with Gasteiger partial charge in [0.25, 0.3) is 11.5 Å². The van der Waals surface area contributed by atoms with Gasteiger partial charge in [0.15, 0.2) is 0 Å². The first-order chi connectivity index (χ1) is 14.9. The predicted molar refractivity (Wildman–Crippen MR) is 115 cm³/mol. The van der Waals surface area contributed by atoms with Gasteiger partial charge in [-0.05, 0) is 50.1 Å². The van der Waals surface area contributed by atoms with E-state index >= 15 is 0 Å². The Hall–Kier alpha value is -3.95. The normalized spacial score (nSPS) is 13.1. The zero-order valence-electron chi connectivity index (χ0n) is 17.0. The first-order valence-electron chi connectivity index (χ1n) is 9.85. The highest BCUT2D eigenvalue weighted by Crippen LogP contribution is 2.34. The molecule has 160 valence electrons. The van der Waals surface area contributed by atoms with Gasteiger partial charge in [-0.2, -0.15) is 0 Å². The third-order valence-electron chi connectivity index (χ3n) is 5.01. The smallest absolute Gasteiger partial charge is 0.413 e. The topological polar surface area (TPSA) is 126 Å². The zero-order chi connectivity index (χ0) is 22.1. The molecule has 1 saturated carbocycles. The number of aromatic amines is 1. The highest BCUT2D eigenvalue weighted by atomic mass is 16.6. The van der Waals surface area contributed by atoms with E-state index < -0.39 is 23.2 Å². The van der Waals surface area contributed by atoms with Crippen LogP contribution >= 0.6 is 0 Å². The number of rotatable bonds is 5. The number of carbonyl (C=O) groups excluding carboxylic acids is 2.